The van der Waals surface area contributed by atoms with Crippen LogP contribution in [0.5, 0.6) is 0 Å². The summed E-state index contributed by atoms with van der Waals surface area (Å²) in [7, 11) is 0. The molecule has 2 rings (SSSR count). The van der Waals surface area contributed by atoms with Crippen LogP contribution in [0.15, 0.2) is 0 Å². The Balaban J connectivity index is 2.08. The highest BCUT2D eigenvalue weighted by molar-refractivity contribution is 4.96. The highest BCUT2D eigenvalue weighted by Crippen LogP contribution is 2.55. The summed E-state index contributed by atoms with van der Waals surface area (Å²) in [5.41, 5.74) is 0.573. The Morgan fingerprint density at radius 1 is 0.765 bits per heavy atom. The lowest BCUT2D eigenvalue weighted by Crippen LogP contribution is -2.33. The van der Waals surface area contributed by atoms with Crippen LogP contribution in [0.3, 0.4) is 0 Å². The van der Waals surface area contributed by atoms with Crippen molar-refractivity contribution in [3.63, 3.8) is 0 Å². The quantitative estimate of drug-likeness (QED) is 0.604. The van der Waals surface area contributed by atoms with Crippen molar-refractivity contribution in [3.8, 4) is 0 Å². The van der Waals surface area contributed by atoms with Gasteiger partial charge in [0, 0.05) is 0 Å². The van der Waals surface area contributed by atoms with E-state index >= 15 is 0 Å². The molecular formula is C17H32. The molecule has 0 aromatic heterocycles. The first kappa shape index (κ1) is 13.4. The maximum absolute atomic E-state index is 2.57. The third-order valence-corrected chi connectivity index (χ3v) is 6.76. The fourth-order valence-electron chi connectivity index (χ4n) is 4.78. The lowest BCUT2D eigenvalue weighted by Gasteiger charge is -2.41. The highest BCUT2D eigenvalue weighted by atomic mass is 14.5. The maximum Gasteiger partial charge on any atom is -0.0295 e. The molecule has 0 amide bonds. The number of rotatable bonds is 2. The van der Waals surface area contributed by atoms with Gasteiger partial charge < -0.3 is 0 Å². The Bertz CT molecular complexity index is 255. The van der Waals surface area contributed by atoms with Crippen molar-refractivity contribution in [3.05, 3.63) is 0 Å². The van der Waals surface area contributed by atoms with Gasteiger partial charge in [-0.3, -0.25) is 0 Å². The molecule has 0 aromatic carbocycles. The van der Waals surface area contributed by atoms with Crippen LogP contribution >= 0.6 is 0 Å². The van der Waals surface area contributed by atoms with Crippen LogP contribution in [-0.4, -0.2) is 0 Å². The van der Waals surface area contributed by atoms with Gasteiger partial charge in [-0.25, -0.2) is 0 Å². The Morgan fingerprint density at radius 2 is 1.29 bits per heavy atom. The van der Waals surface area contributed by atoms with Crippen molar-refractivity contribution >= 4 is 0 Å². The lowest BCUT2D eigenvalue weighted by molar-refractivity contribution is 0.0817. The van der Waals surface area contributed by atoms with E-state index in [2.05, 4.69) is 41.5 Å². The Hall–Kier alpha value is 0. The molecule has 2 fully saturated rings. The minimum Gasteiger partial charge on any atom is -0.0622 e. The van der Waals surface area contributed by atoms with Gasteiger partial charge in [0.25, 0.3) is 0 Å². The number of hydrogen-bond acceptors (Lipinski definition) is 0. The average molecular weight is 236 g/mol. The average Bonchev–Trinajstić information content (AvgIpc) is 2.74. The monoisotopic (exact) mass is 236 g/mol. The molecule has 2 aliphatic rings. The zero-order valence-electron chi connectivity index (χ0n) is 12.8. The molecule has 0 aromatic rings. The summed E-state index contributed by atoms with van der Waals surface area (Å²) in [6, 6.07) is 0. The zero-order valence-corrected chi connectivity index (χ0v) is 12.8. The molecule has 0 spiro atoms. The lowest BCUT2D eigenvalue weighted by atomic mass is 9.64. The van der Waals surface area contributed by atoms with Crippen molar-refractivity contribution in [1.29, 1.82) is 0 Å². The van der Waals surface area contributed by atoms with Gasteiger partial charge in [-0.05, 0) is 60.2 Å². The molecule has 0 saturated heterocycles. The first-order chi connectivity index (χ1) is 7.84. The maximum atomic E-state index is 2.57. The van der Waals surface area contributed by atoms with Crippen molar-refractivity contribution in [2.75, 3.05) is 0 Å². The van der Waals surface area contributed by atoms with Gasteiger partial charge in [-0.15, -0.1) is 0 Å². The van der Waals surface area contributed by atoms with E-state index in [9.17, 15) is 0 Å². The van der Waals surface area contributed by atoms with E-state index in [1.807, 2.05) is 0 Å². The first-order valence-electron chi connectivity index (χ1n) is 7.84. The minimum absolute atomic E-state index is 0.573. The van der Waals surface area contributed by atoms with Crippen molar-refractivity contribution < 1.29 is 0 Å². The fourth-order valence-corrected chi connectivity index (χ4v) is 4.78. The summed E-state index contributed by atoms with van der Waals surface area (Å²) in [4.78, 5) is 0. The molecule has 0 heterocycles. The highest BCUT2D eigenvalue weighted by Gasteiger charge is 2.46. The predicted octanol–water partition coefficient (Wildman–Crippen LogP) is 5.38. The predicted molar refractivity (Wildman–Crippen MR) is 75.9 cm³/mol. The molecule has 5 unspecified atom stereocenters. The molecule has 0 radical (unpaired) electrons. The summed E-state index contributed by atoms with van der Waals surface area (Å²) >= 11 is 0. The zero-order chi connectivity index (χ0) is 12.8. The SMILES string of the molecule is CC1CC(C(C)(C)C2CCC(C)C2C)CC1C. The van der Waals surface area contributed by atoms with Gasteiger partial charge in [-0.2, -0.15) is 0 Å². The smallest absolute Gasteiger partial charge is 0.0295 e. The summed E-state index contributed by atoms with van der Waals surface area (Å²) in [5, 5.41) is 0. The van der Waals surface area contributed by atoms with Crippen LogP contribution < -0.4 is 0 Å². The molecule has 0 nitrogen and oxygen atoms in total. The third kappa shape index (κ3) is 2.29. The largest absolute Gasteiger partial charge is 0.0622 e. The summed E-state index contributed by atoms with van der Waals surface area (Å²) in [6.45, 7) is 15.0. The van der Waals surface area contributed by atoms with Gasteiger partial charge in [0.05, 0.1) is 0 Å². The first-order valence-corrected chi connectivity index (χ1v) is 7.84. The van der Waals surface area contributed by atoms with Crippen molar-refractivity contribution in [1.82, 2.24) is 0 Å². The molecule has 0 N–H and O–H groups in total. The van der Waals surface area contributed by atoms with E-state index in [0.717, 1.165) is 35.5 Å². The fraction of sp³-hybridized carbons (Fsp3) is 1.00. The minimum atomic E-state index is 0.573. The van der Waals surface area contributed by atoms with Gasteiger partial charge in [0.15, 0.2) is 0 Å². The van der Waals surface area contributed by atoms with Crippen LogP contribution in [0.25, 0.3) is 0 Å². The van der Waals surface area contributed by atoms with E-state index in [1.165, 1.54) is 25.7 Å². The molecule has 17 heavy (non-hydrogen) atoms. The van der Waals surface area contributed by atoms with Gasteiger partial charge in [-0.1, -0.05) is 48.0 Å². The van der Waals surface area contributed by atoms with E-state index in [1.54, 1.807) is 0 Å². The molecule has 0 bridgehead atoms. The van der Waals surface area contributed by atoms with E-state index in [0.29, 0.717) is 5.41 Å². The molecule has 5 atom stereocenters. The molecule has 2 aliphatic carbocycles. The van der Waals surface area contributed by atoms with E-state index in [4.69, 9.17) is 0 Å². The summed E-state index contributed by atoms with van der Waals surface area (Å²) < 4.78 is 0. The summed E-state index contributed by atoms with van der Waals surface area (Å²) in [5.74, 6) is 5.75. The van der Waals surface area contributed by atoms with Gasteiger partial charge in [0.2, 0.25) is 0 Å². The van der Waals surface area contributed by atoms with Gasteiger partial charge >= 0.3 is 0 Å². The standard InChI is InChI=1S/C17H32/c1-11-7-8-16(14(11)4)17(5,6)15-9-12(2)13(3)10-15/h11-16H,7-10H2,1-6H3. The van der Waals surface area contributed by atoms with Crippen LogP contribution in [0.2, 0.25) is 0 Å². The second-order valence-corrected chi connectivity index (χ2v) is 7.96. The topological polar surface area (TPSA) is 0 Å². The van der Waals surface area contributed by atoms with Crippen LogP contribution in [0.4, 0.5) is 0 Å². The van der Waals surface area contributed by atoms with E-state index in [-0.39, 0.29) is 0 Å². The molecule has 0 heteroatoms. The van der Waals surface area contributed by atoms with Crippen molar-refractivity contribution in [2.45, 2.75) is 67.2 Å². The van der Waals surface area contributed by atoms with Crippen LogP contribution in [0, 0.1) is 40.9 Å². The van der Waals surface area contributed by atoms with Gasteiger partial charge in [0.1, 0.15) is 0 Å². The molecule has 2 saturated carbocycles. The van der Waals surface area contributed by atoms with Crippen molar-refractivity contribution in [2.24, 2.45) is 40.9 Å². The Labute approximate surface area is 109 Å². The normalized spacial score (nSPS) is 47.6. The number of hydrogen-bond donors (Lipinski definition) is 0. The molecular weight excluding hydrogens is 204 g/mol. The summed E-state index contributed by atoms with van der Waals surface area (Å²) in [6.07, 6.45) is 5.90. The molecule has 100 valence electrons. The second kappa shape index (κ2) is 4.59. The van der Waals surface area contributed by atoms with Crippen LogP contribution in [-0.2, 0) is 0 Å². The molecule has 0 aliphatic heterocycles. The van der Waals surface area contributed by atoms with Crippen LogP contribution in [0.1, 0.15) is 67.2 Å². The Morgan fingerprint density at radius 3 is 1.71 bits per heavy atom. The second-order valence-electron chi connectivity index (χ2n) is 7.96. The third-order valence-electron chi connectivity index (χ3n) is 6.76. The van der Waals surface area contributed by atoms with E-state index < -0.39 is 0 Å². The Kier molecular flexibility index (Phi) is 3.63.